The van der Waals surface area contributed by atoms with Crippen LogP contribution in [0.5, 0.6) is 0 Å². The van der Waals surface area contributed by atoms with Gasteiger partial charge in [0.2, 0.25) is 5.91 Å². The number of amides is 1. The Balaban J connectivity index is 2.04. The van der Waals surface area contributed by atoms with Crippen molar-refractivity contribution in [1.82, 2.24) is 4.90 Å². The molecule has 1 aliphatic rings. The summed E-state index contributed by atoms with van der Waals surface area (Å²) >= 11 is 0. The normalized spacial score (nSPS) is 20.9. The number of β-lactam (4-membered cyclic amide) rings is 1. The number of ketones is 1. The summed E-state index contributed by atoms with van der Waals surface area (Å²) in [5.41, 5.74) is 1.08. The zero-order valence-electron chi connectivity index (χ0n) is 12.2. The van der Waals surface area contributed by atoms with Crippen molar-refractivity contribution >= 4 is 17.7 Å². The van der Waals surface area contributed by atoms with Crippen LogP contribution >= 0.6 is 0 Å². The third-order valence-corrected chi connectivity index (χ3v) is 3.65. The number of hydrogen-bond donors (Lipinski definition) is 0. The second-order valence-electron chi connectivity index (χ2n) is 5.05. The summed E-state index contributed by atoms with van der Waals surface area (Å²) in [7, 11) is 0. The van der Waals surface area contributed by atoms with Crippen LogP contribution in [0.1, 0.15) is 19.4 Å². The Morgan fingerprint density at radius 3 is 2.48 bits per heavy atom. The highest BCUT2D eigenvalue weighted by molar-refractivity contribution is 6.11. The van der Waals surface area contributed by atoms with Gasteiger partial charge in [-0.1, -0.05) is 30.3 Å². The first-order valence-corrected chi connectivity index (χ1v) is 7.07. The molecule has 5 heteroatoms. The van der Waals surface area contributed by atoms with Crippen molar-refractivity contribution in [2.24, 2.45) is 5.92 Å². The molecule has 1 fully saturated rings. The van der Waals surface area contributed by atoms with E-state index in [0.29, 0.717) is 13.0 Å². The van der Waals surface area contributed by atoms with Crippen molar-refractivity contribution in [3.8, 4) is 0 Å². The second kappa shape index (κ2) is 6.52. The zero-order valence-corrected chi connectivity index (χ0v) is 12.2. The van der Waals surface area contributed by atoms with Crippen molar-refractivity contribution in [2.75, 3.05) is 13.2 Å². The maximum Gasteiger partial charge on any atom is 0.330 e. The molecule has 0 aliphatic carbocycles. The molecule has 0 saturated carbocycles. The SMILES string of the molecule is CCOC(=O)C1C(C(C)=O)C(=O)N1CCc1ccccc1. The number of ether oxygens (including phenoxy) is 1. The lowest BCUT2D eigenvalue weighted by molar-refractivity contribution is -0.176. The molecule has 1 aliphatic heterocycles. The van der Waals surface area contributed by atoms with E-state index in [1.165, 1.54) is 11.8 Å². The number of benzene rings is 1. The molecule has 1 aromatic rings. The highest BCUT2D eigenvalue weighted by Gasteiger charge is 2.54. The number of nitrogens with zero attached hydrogens (tertiary/aromatic N) is 1. The first kappa shape index (κ1) is 15.2. The van der Waals surface area contributed by atoms with Crippen LogP contribution in [0, 0.1) is 5.92 Å². The fourth-order valence-electron chi connectivity index (χ4n) is 2.58. The van der Waals surface area contributed by atoms with Crippen LogP contribution in [-0.2, 0) is 25.5 Å². The number of esters is 1. The van der Waals surface area contributed by atoms with Gasteiger partial charge in [-0.05, 0) is 25.8 Å². The van der Waals surface area contributed by atoms with Gasteiger partial charge >= 0.3 is 5.97 Å². The summed E-state index contributed by atoms with van der Waals surface area (Å²) in [6.07, 6.45) is 0.646. The predicted molar refractivity (Wildman–Crippen MR) is 76.5 cm³/mol. The molecule has 1 aromatic carbocycles. The van der Waals surface area contributed by atoms with Gasteiger partial charge in [0.15, 0.2) is 0 Å². The first-order chi connectivity index (χ1) is 10.1. The lowest BCUT2D eigenvalue weighted by atomic mass is 9.84. The third-order valence-electron chi connectivity index (χ3n) is 3.65. The van der Waals surface area contributed by atoms with Gasteiger partial charge in [0.05, 0.1) is 6.61 Å². The van der Waals surface area contributed by atoms with Gasteiger partial charge in [-0.3, -0.25) is 9.59 Å². The van der Waals surface area contributed by atoms with Crippen molar-refractivity contribution in [1.29, 1.82) is 0 Å². The van der Waals surface area contributed by atoms with Crippen molar-refractivity contribution < 1.29 is 19.1 Å². The van der Waals surface area contributed by atoms with Crippen molar-refractivity contribution in [3.05, 3.63) is 35.9 Å². The highest BCUT2D eigenvalue weighted by atomic mass is 16.5. The van der Waals surface area contributed by atoms with Crippen LogP contribution in [0.25, 0.3) is 0 Å². The van der Waals surface area contributed by atoms with Crippen LogP contribution in [0.15, 0.2) is 30.3 Å². The van der Waals surface area contributed by atoms with Gasteiger partial charge in [-0.25, -0.2) is 4.79 Å². The summed E-state index contributed by atoms with van der Waals surface area (Å²) in [6, 6.07) is 8.94. The Bertz CT molecular complexity index is 540. The Morgan fingerprint density at radius 2 is 1.90 bits per heavy atom. The van der Waals surface area contributed by atoms with Gasteiger partial charge in [0.25, 0.3) is 0 Å². The van der Waals surface area contributed by atoms with E-state index < -0.39 is 17.9 Å². The van der Waals surface area contributed by atoms with Gasteiger partial charge in [-0.15, -0.1) is 0 Å². The third kappa shape index (κ3) is 3.12. The van der Waals surface area contributed by atoms with E-state index in [0.717, 1.165) is 5.56 Å². The number of rotatable bonds is 6. The second-order valence-corrected chi connectivity index (χ2v) is 5.05. The molecule has 1 heterocycles. The molecular formula is C16H19NO4. The van der Waals surface area contributed by atoms with E-state index in [2.05, 4.69) is 0 Å². The van der Waals surface area contributed by atoms with Crippen LogP contribution < -0.4 is 0 Å². The molecular weight excluding hydrogens is 270 g/mol. The van der Waals surface area contributed by atoms with E-state index in [-0.39, 0.29) is 18.3 Å². The van der Waals surface area contributed by atoms with E-state index in [4.69, 9.17) is 4.74 Å². The Hall–Kier alpha value is -2.17. The molecule has 21 heavy (non-hydrogen) atoms. The van der Waals surface area contributed by atoms with Gasteiger partial charge < -0.3 is 9.64 Å². The van der Waals surface area contributed by atoms with Gasteiger partial charge in [0.1, 0.15) is 17.7 Å². The van der Waals surface area contributed by atoms with Crippen molar-refractivity contribution in [2.45, 2.75) is 26.3 Å². The van der Waals surface area contributed by atoms with Crippen LogP contribution in [0.3, 0.4) is 0 Å². The summed E-state index contributed by atoms with van der Waals surface area (Å²) < 4.78 is 4.97. The molecule has 2 atom stereocenters. The lowest BCUT2D eigenvalue weighted by Crippen LogP contribution is -2.67. The fraction of sp³-hybridized carbons (Fsp3) is 0.438. The molecule has 1 saturated heterocycles. The van der Waals surface area contributed by atoms with Crippen LogP contribution in [0.4, 0.5) is 0 Å². The number of carbonyl (C=O) groups is 3. The van der Waals surface area contributed by atoms with Gasteiger partial charge in [-0.2, -0.15) is 0 Å². The molecule has 2 rings (SSSR count). The summed E-state index contributed by atoms with van der Waals surface area (Å²) in [6.45, 7) is 3.69. The Morgan fingerprint density at radius 1 is 1.24 bits per heavy atom. The quantitative estimate of drug-likeness (QED) is 0.448. The number of carbonyl (C=O) groups excluding carboxylic acids is 3. The minimum atomic E-state index is -0.875. The Kier molecular flexibility index (Phi) is 4.73. The van der Waals surface area contributed by atoms with E-state index in [1.54, 1.807) is 6.92 Å². The molecule has 2 unspecified atom stereocenters. The minimum absolute atomic E-state index is 0.237. The summed E-state index contributed by atoms with van der Waals surface area (Å²) in [5.74, 6) is -1.93. The van der Waals surface area contributed by atoms with E-state index >= 15 is 0 Å². The molecule has 0 N–H and O–H groups in total. The van der Waals surface area contributed by atoms with E-state index in [9.17, 15) is 14.4 Å². The topological polar surface area (TPSA) is 63.7 Å². The highest BCUT2D eigenvalue weighted by Crippen LogP contribution is 2.29. The smallest absolute Gasteiger partial charge is 0.330 e. The lowest BCUT2D eigenvalue weighted by Gasteiger charge is -2.44. The van der Waals surface area contributed by atoms with Crippen LogP contribution in [-0.4, -0.2) is 41.8 Å². The van der Waals surface area contributed by atoms with Crippen molar-refractivity contribution in [3.63, 3.8) is 0 Å². The summed E-state index contributed by atoms with van der Waals surface area (Å²) in [4.78, 5) is 36.9. The molecule has 0 spiro atoms. The van der Waals surface area contributed by atoms with Gasteiger partial charge in [0, 0.05) is 6.54 Å². The average Bonchev–Trinajstić information content (AvgIpc) is 2.45. The van der Waals surface area contributed by atoms with Crippen LogP contribution in [0.2, 0.25) is 0 Å². The monoisotopic (exact) mass is 289 g/mol. The maximum absolute atomic E-state index is 12.0. The standard InChI is InChI=1S/C16H19NO4/c1-3-21-16(20)14-13(11(2)18)15(19)17(14)10-9-12-7-5-4-6-8-12/h4-8,13-14H,3,9-10H2,1-2H3. The first-order valence-electron chi connectivity index (χ1n) is 7.07. The number of likely N-dealkylation sites (tertiary alicyclic amines) is 1. The number of hydrogen-bond acceptors (Lipinski definition) is 4. The average molecular weight is 289 g/mol. The largest absolute Gasteiger partial charge is 0.464 e. The fourth-order valence-corrected chi connectivity index (χ4v) is 2.58. The van der Waals surface area contributed by atoms with E-state index in [1.807, 2.05) is 30.3 Å². The molecule has 0 aromatic heterocycles. The molecule has 5 nitrogen and oxygen atoms in total. The maximum atomic E-state index is 12.0. The predicted octanol–water partition coefficient (Wildman–Crippen LogP) is 1.21. The summed E-state index contributed by atoms with van der Waals surface area (Å²) in [5, 5.41) is 0. The minimum Gasteiger partial charge on any atom is -0.464 e. The molecule has 0 bridgehead atoms. The zero-order chi connectivity index (χ0) is 15.4. The molecule has 112 valence electrons. The Labute approximate surface area is 123 Å². The number of Topliss-reactive ketones (excluding diaryl/α,β-unsaturated/α-hetero) is 1. The molecule has 1 amide bonds. The molecule has 0 radical (unpaired) electrons.